The van der Waals surface area contributed by atoms with Crippen LogP contribution >= 0.6 is 24.0 Å². The zero-order valence-corrected chi connectivity index (χ0v) is 19.7. The Labute approximate surface area is 189 Å². The molecule has 2 aromatic carbocycles. The molecule has 0 radical (unpaired) electrons. The lowest BCUT2D eigenvalue weighted by Crippen LogP contribution is -2.40. The number of benzene rings is 2. The number of carbonyl (C=O) groups is 1. The number of aliphatic imine (C=N–C) groups is 1. The Bertz CT molecular complexity index is 812. The quantitative estimate of drug-likeness (QED) is 0.338. The average molecular weight is 512 g/mol. The smallest absolute Gasteiger partial charge is 0.243 e. The molecule has 1 amide bonds. The SMILES string of the molecule is Cc1cc(F)ccc1CCNC(=NCC(=O)N(C)C)NC(C)c1ccccc1.I. The molecule has 1 unspecified atom stereocenters. The molecule has 0 spiro atoms. The van der Waals surface area contributed by atoms with Crippen molar-refractivity contribution in [2.45, 2.75) is 26.3 Å². The Morgan fingerprint density at radius 1 is 1.17 bits per heavy atom. The van der Waals surface area contributed by atoms with Gasteiger partial charge < -0.3 is 15.5 Å². The molecule has 7 heteroatoms. The van der Waals surface area contributed by atoms with Crippen molar-refractivity contribution in [2.24, 2.45) is 4.99 Å². The molecule has 0 heterocycles. The number of nitrogens with one attached hydrogen (secondary N) is 2. The van der Waals surface area contributed by atoms with Crippen molar-refractivity contribution in [3.05, 3.63) is 71.0 Å². The van der Waals surface area contributed by atoms with E-state index in [9.17, 15) is 9.18 Å². The molecular weight excluding hydrogens is 482 g/mol. The minimum Gasteiger partial charge on any atom is -0.356 e. The molecular formula is C22H30FIN4O. The van der Waals surface area contributed by atoms with Crippen molar-refractivity contribution >= 4 is 35.8 Å². The van der Waals surface area contributed by atoms with Crippen LogP contribution in [-0.2, 0) is 11.2 Å². The van der Waals surface area contributed by atoms with Gasteiger partial charge in [0.2, 0.25) is 5.91 Å². The first-order chi connectivity index (χ1) is 13.4. The van der Waals surface area contributed by atoms with E-state index in [0.29, 0.717) is 12.5 Å². The molecule has 29 heavy (non-hydrogen) atoms. The Morgan fingerprint density at radius 2 is 1.86 bits per heavy atom. The third-order valence-corrected chi connectivity index (χ3v) is 4.52. The predicted octanol–water partition coefficient (Wildman–Crippen LogP) is 3.68. The van der Waals surface area contributed by atoms with Gasteiger partial charge in [0.05, 0.1) is 6.04 Å². The highest BCUT2D eigenvalue weighted by Gasteiger charge is 2.10. The minimum atomic E-state index is -0.225. The van der Waals surface area contributed by atoms with Gasteiger partial charge in [-0.15, -0.1) is 24.0 Å². The number of hydrogen-bond donors (Lipinski definition) is 2. The molecule has 158 valence electrons. The maximum absolute atomic E-state index is 13.3. The van der Waals surface area contributed by atoms with Gasteiger partial charge in [0.15, 0.2) is 5.96 Å². The van der Waals surface area contributed by atoms with E-state index in [1.54, 1.807) is 20.2 Å². The molecule has 0 fully saturated rings. The summed E-state index contributed by atoms with van der Waals surface area (Å²) in [5, 5.41) is 6.63. The van der Waals surface area contributed by atoms with Gasteiger partial charge in [-0.1, -0.05) is 36.4 Å². The Morgan fingerprint density at radius 3 is 2.48 bits per heavy atom. The summed E-state index contributed by atoms with van der Waals surface area (Å²) in [5.41, 5.74) is 3.13. The molecule has 0 saturated heterocycles. The third kappa shape index (κ3) is 8.39. The molecule has 0 aliphatic heterocycles. The normalized spacial score (nSPS) is 12.0. The second-order valence-electron chi connectivity index (χ2n) is 6.98. The van der Waals surface area contributed by atoms with Gasteiger partial charge in [-0.05, 0) is 49.1 Å². The molecule has 5 nitrogen and oxygen atoms in total. The van der Waals surface area contributed by atoms with Crippen molar-refractivity contribution in [3.8, 4) is 0 Å². The predicted molar refractivity (Wildman–Crippen MR) is 127 cm³/mol. The van der Waals surface area contributed by atoms with Gasteiger partial charge in [0, 0.05) is 20.6 Å². The van der Waals surface area contributed by atoms with Crippen LogP contribution in [0.4, 0.5) is 4.39 Å². The first-order valence-corrected chi connectivity index (χ1v) is 9.42. The van der Waals surface area contributed by atoms with Crippen LogP contribution in [0.15, 0.2) is 53.5 Å². The van der Waals surface area contributed by atoms with Crippen LogP contribution < -0.4 is 10.6 Å². The van der Waals surface area contributed by atoms with E-state index >= 15 is 0 Å². The lowest BCUT2D eigenvalue weighted by molar-refractivity contribution is -0.127. The number of halogens is 2. The number of rotatable bonds is 7. The van der Waals surface area contributed by atoms with Crippen LogP contribution in [0.5, 0.6) is 0 Å². The Kier molecular flexibility index (Phi) is 10.6. The van der Waals surface area contributed by atoms with Crippen molar-refractivity contribution in [1.82, 2.24) is 15.5 Å². The molecule has 0 aliphatic rings. The third-order valence-electron chi connectivity index (χ3n) is 4.52. The zero-order chi connectivity index (χ0) is 20.5. The maximum Gasteiger partial charge on any atom is 0.243 e. The van der Waals surface area contributed by atoms with Crippen LogP contribution in [0.2, 0.25) is 0 Å². The van der Waals surface area contributed by atoms with Gasteiger partial charge in [-0.2, -0.15) is 0 Å². The number of amides is 1. The molecule has 1 atom stereocenters. The summed E-state index contributed by atoms with van der Waals surface area (Å²) < 4.78 is 13.3. The maximum atomic E-state index is 13.3. The van der Waals surface area contributed by atoms with Gasteiger partial charge in [-0.3, -0.25) is 4.79 Å². The highest BCUT2D eigenvalue weighted by molar-refractivity contribution is 14.0. The second-order valence-corrected chi connectivity index (χ2v) is 6.98. The highest BCUT2D eigenvalue weighted by atomic mass is 127. The first kappa shape index (κ1) is 24.9. The van der Waals surface area contributed by atoms with Crippen molar-refractivity contribution < 1.29 is 9.18 Å². The molecule has 0 aliphatic carbocycles. The van der Waals surface area contributed by atoms with E-state index in [2.05, 4.69) is 15.6 Å². The summed E-state index contributed by atoms with van der Waals surface area (Å²) in [6, 6.07) is 14.9. The number of likely N-dealkylation sites (N-methyl/N-ethyl adjacent to an activating group) is 1. The number of guanidine groups is 1. The molecule has 0 bridgehead atoms. The summed E-state index contributed by atoms with van der Waals surface area (Å²) in [6.07, 6.45) is 0.730. The van der Waals surface area contributed by atoms with Crippen LogP contribution in [0, 0.1) is 12.7 Å². The van der Waals surface area contributed by atoms with E-state index in [4.69, 9.17) is 0 Å². The monoisotopic (exact) mass is 512 g/mol. The number of aryl methyl sites for hydroxylation is 1. The van der Waals surface area contributed by atoms with E-state index < -0.39 is 0 Å². The highest BCUT2D eigenvalue weighted by Crippen LogP contribution is 2.12. The largest absolute Gasteiger partial charge is 0.356 e. The fraction of sp³-hybridized carbons (Fsp3) is 0.364. The number of hydrogen-bond acceptors (Lipinski definition) is 2. The van der Waals surface area contributed by atoms with E-state index in [0.717, 1.165) is 23.1 Å². The van der Waals surface area contributed by atoms with Gasteiger partial charge in [0.25, 0.3) is 0 Å². The Balaban J connectivity index is 0.00000420. The zero-order valence-electron chi connectivity index (χ0n) is 17.4. The lowest BCUT2D eigenvalue weighted by Gasteiger charge is -2.19. The molecule has 0 aromatic heterocycles. The van der Waals surface area contributed by atoms with Crippen LogP contribution in [0.25, 0.3) is 0 Å². The number of nitrogens with zero attached hydrogens (tertiary/aromatic N) is 2. The summed E-state index contributed by atoms with van der Waals surface area (Å²) in [7, 11) is 3.42. The second kappa shape index (κ2) is 12.4. The van der Waals surface area contributed by atoms with E-state index in [1.807, 2.05) is 44.2 Å². The van der Waals surface area contributed by atoms with Gasteiger partial charge >= 0.3 is 0 Å². The molecule has 0 saturated carbocycles. The fourth-order valence-corrected chi connectivity index (χ4v) is 2.73. The van der Waals surface area contributed by atoms with Crippen LogP contribution in [-0.4, -0.2) is 44.0 Å². The Hall–Kier alpha value is -2.16. The van der Waals surface area contributed by atoms with Crippen molar-refractivity contribution in [1.29, 1.82) is 0 Å². The average Bonchev–Trinajstić information content (AvgIpc) is 2.67. The lowest BCUT2D eigenvalue weighted by atomic mass is 10.1. The topological polar surface area (TPSA) is 56.7 Å². The van der Waals surface area contributed by atoms with Crippen LogP contribution in [0.3, 0.4) is 0 Å². The minimum absolute atomic E-state index is 0. The van der Waals surface area contributed by atoms with Crippen molar-refractivity contribution in [3.63, 3.8) is 0 Å². The van der Waals surface area contributed by atoms with E-state index in [1.165, 1.54) is 17.0 Å². The summed E-state index contributed by atoms with van der Waals surface area (Å²) in [6.45, 7) is 4.64. The summed E-state index contributed by atoms with van der Waals surface area (Å²) in [5.74, 6) is 0.283. The van der Waals surface area contributed by atoms with Crippen LogP contribution in [0.1, 0.15) is 29.7 Å². The summed E-state index contributed by atoms with van der Waals surface area (Å²) in [4.78, 5) is 17.8. The summed E-state index contributed by atoms with van der Waals surface area (Å²) >= 11 is 0. The molecule has 2 N–H and O–H groups in total. The molecule has 2 rings (SSSR count). The van der Waals surface area contributed by atoms with Crippen molar-refractivity contribution in [2.75, 3.05) is 27.2 Å². The molecule has 2 aromatic rings. The van der Waals surface area contributed by atoms with E-state index in [-0.39, 0.29) is 48.3 Å². The first-order valence-electron chi connectivity index (χ1n) is 9.42. The number of carbonyl (C=O) groups excluding carboxylic acids is 1. The fourth-order valence-electron chi connectivity index (χ4n) is 2.73. The van der Waals surface area contributed by atoms with Gasteiger partial charge in [-0.25, -0.2) is 9.38 Å². The standard InChI is InChI=1S/C22H29FN4O.HI/c1-16-14-20(23)11-10-18(16)12-13-24-22(25-15-21(28)27(3)4)26-17(2)19-8-6-5-7-9-19;/h5-11,14,17H,12-13,15H2,1-4H3,(H2,24,25,26);1H. The van der Waals surface area contributed by atoms with Gasteiger partial charge in [0.1, 0.15) is 12.4 Å².